The maximum absolute atomic E-state index is 12.0. The van der Waals surface area contributed by atoms with E-state index in [1.54, 1.807) is 0 Å². The molecule has 0 radical (unpaired) electrons. The topological polar surface area (TPSA) is 12.0 Å². The molecule has 0 heterocycles. The predicted octanol–water partition coefficient (Wildman–Crippen LogP) is 4.98. The molecule has 0 aromatic heterocycles. The highest BCUT2D eigenvalue weighted by Gasteiger charge is 2.26. The summed E-state index contributed by atoms with van der Waals surface area (Å²) in [5.74, 6) is 0. The molecule has 0 spiro atoms. The molecule has 1 nitrogen and oxygen atoms in total. The van der Waals surface area contributed by atoms with Crippen LogP contribution in [0.2, 0.25) is 0 Å². The number of alkyl halides is 3. The lowest BCUT2D eigenvalue weighted by Crippen LogP contribution is -2.16. The second-order valence-corrected chi connectivity index (χ2v) is 4.98. The maximum Gasteiger partial charge on any atom is 0.389 e. The largest absolute Gasteiger partial charge is 0.389 e. The van der Waals surface area contributed by atoms with Crippen molar-refractivity contribution < 1.29 is 13.2 Å². The van der Waals surface area contributed by atoms with Gasteiger partial charge in [-0.05, 0) is 38.0 Å². The monoisotopic (exact) mass is 309 g/mol. The lowest BCUT2D eigenvalue weighted by atomic mass is 10.1. The Bertz CT molecular complexity index is 352. The third-order valence-electron chi connectivity index (χ3n) is 2.34. The molecule has 0 aliphatic rings. The van der Waals surface area contributed by atoms with Gasteiger partial charge in [-0.3, -0.25) is 0 Å². The van der Waals surface area contributed by atoms with E-state index in [9.17, 15) is 13.2 Å². The fourth-order valence-electron chi connectivity index (χ4n) is 1.54. The van der Waals surface area contributed by atoms with Crippen LogP contribution < -0.4 is 5.32 Å². The summed E-state index contributed by atoms with van der Waals surface area (Å²) >= 11 is 3.34. The van der Waals surface area contributed by atoms with Crippen LogP contribution >= 0.6 is 15.9 Å². The van der Waals surface area contributed by atoms with Crippen molar-refractivity contribution in [1.29, 1.82) is 0 Å². The quantitative estimate of drug-likeness (QED) is 0.808. The zero-order chi connectivity index (χ0) is 12.9. The molecule has 1 unspecified atom stereocenters. The molecule has 1 aromatic carbocycles. The van der Waals surface area contributed by atoms with E-state index in [1.165, 1.54) is 0 Å². The van der Waals surface area contributed by atoms with Crippen molar-refractivity contribution in [2.24, 2.45) is 0 Å². The number of benzene rings is 1. The van der Waals surface area contributed by atoms with Crippen LogP contribution in [0.15, 0.2) is 28.7 Å². The highest BCUT2D eigenvalue weighted by Crippen LogP contribution is 2.23. The van der Waals surface area contributed by atoms with Gasteiger partial charge in [0.05, 0.1) is 0 Å². The molecule has 1 rings (SSSR count). The zero-order valence-electron chi connectivity index (χ0n) is 9.52. The van der Waals surface area contributed by atoms with E-state index < -0.39 is 12.6 Å². The summed E-state index contributed by atoms with van der Waals surface area (Å²) in [6.07, 6.45) is -4.09. The van der Waals surface area contributed by atoms with Crippen LogP contribution in [0.3, 0.4) is 0 Å². The van der Waals surface area contributed by atoms with Crippen molar-refractivity contribution in [3.8, 4) is 0 Å². The highest BCUT2D eigenvalue weighted by molar-refractivity contribution is 9.10. The fraction of sp³-hybridized carbons (Fsp3) is 0.500. The van der Waals surface area contributed by atoms with Gasteiger partial charge in [-0.25, -0.2) is 0 Å². The first-order chi connectivity index (χ1) is 7.87. The van der Waals surface area contributed by atoms with E-state index in [0.717, 1.165) is 10.2 Å². The maximum atomic E-state index is 12.0. The Morgan fingerprint density at radius 1 is 1.35 bits per heavy atom. The van der Waals surface area contributed by atoms with Crippen LogP contribution in [0.25, 0.3) is 0 Å². The lowest BCUT2D eigenvalue weighted by molar-refractivity contribution is -0.135. The highest BCUT2D eigenvalue weighted by atomic mass is 79.9. The third kappa shape index (κ3) is 6.56. The Morgan fingerprint density at radius 2 is 2.06 bits per heavy atom. The normalized spacial score (nSPS) is 13.5. The van der Waals surface area contributed by atoms with Crippen molar-refractivity contribution in [3.63, 3.8) is 0 Å². The zero-order valence-corrected chi connectivity index (χ0v) is 11.1. The summed E-state index contributed by atoms with van der Waals surface area (Å²) in [7, 11) is 0. The van der Waals surface area contributed by atoms with Gasteiger partial charge in [-0.2, -0.15) is 13.2 Å². The first-order valence-corrected chi connectivity index (χ1v) is 6.25. The van der Waals surface area contributed by atoms with Gasteiger partial charge in [-0.1, -0.05) is 22.0 Å². The van der Waals surface area contributed by atoms with Gasteiger partial charge in [0, 0.05) is 22.6 Å². The Hall–Kier alpha value is -0.710. The van der Waals surface area contributed by atoms with Crippen LogP contribution in [0.1, 0.15) is 26.2 Å². The summed E-state index contributed by atoms with van der Waals surface area (Å²) < 4.78 is 36.8. The van der Waals surface area contributed by atoms with Gasteiger partial charge in [0.15, 0.2) is 0 Å². The summed E-state index contributed by atoms with van der Waals surface area (Å²) in [4.78, 5) is 0. The molecule has 1 atom stereocenters. The third-order valence-corrected chi connectivity index (χ3v) is 2.83. The molecule has 5 heteroatoms. The molecule has 0 saturated heterocycles. The van der Waals surface area contributed by atoms with E-state index in [1.807, 2.05) is 31.2 Å². The van der Waals surface area contributed by atoms with Crippen molar-refractivity contribution in [3.05, 3.63) is 28.7 Å². The van der Waals surface area contributed by atoms with E-state index in [2.05, 4.69) is 21.2 Å². The molecule has 1 aromatic rings. The molecule has 0 aliphatic carbocycles. The average Bonchev–Trinajstić information content (AvgIpc) is 2.15. The van der Waals surface area contributed by atoms with Gasteiger partial charge in [0.25, 0.3) is 0 Å². The smallest absolute Gasteiger partial charge is 0.383 e. The second-order valence-electron chi connectivity index (χ2n) is 4.06. The first kappa shape index (κ1) is 14.4. The molecular weight excluding hydrogens is 295 g/mol. The molecular formula is C12H15BrF3N. The van der Waals surface area contributed by atoms with Crippen LogP contribution in [0.4, 0.5) is 18.9 Å². The van der Waals surface area contributed by atoms with E-state index in [0.29, 0.717) is 6.42 Å². The second kappa shape index (κ2) is 6.28. The van der Waals surface area contributed by atoms with Crippen LogP contribution in [0, 0.1) is 0 Å². The van der Waals surface area contributed by atoms with E-state index >= 15 is 0 Å². The van der Waals surface area contributed by atoms with Gasteiger partial charge in [-0.15, -0.1) is 0 Å². The Labute approximate surface area is 108 Å². The SMILES string of the molecule is CC(CCCC(F)(F)F)Nc1cccc(Br)c1. The minimum atomic E-state index is -4.05. The Morgan fingerprint density at radius 3 is 2.65 bits per heavy atom. The van der Waals surface area contributed by atoms with E-state index in [-0.39, 0.29) is 12.5 Å². The standard InChI is InChI=1S/C12H15BrF3N/c1-9(4-3-7-12(14,15)16)17-11-6-2-5-10(13)8-11/h2,5-6,8-9,17H,3-4,7H2,1H3. The molecule has 0 saturated carbocycles. The molecule has 0 fully saturated rings. The molecule has 0 bridgehead atoms. The number of hydrogen-bond acceptors (Lipinski definition) is 1. The number of rotatable bonds is 5. The van der Waals surface area contributed by atoms with Crippen LogP contribution in [0.5, 0.6) is 0 Å². The number of hydrogen-bond donors (Lipinski definition) is 1. The summed E-state index contributed by atoms with van der Waals surface area (Å²) in [6.45, 7) is 1.89. The van der Waals surface area contributed by atoms with E-state index in [4.69, 9.17) is 0 Å². The lowest BCUT2D eigenvalue weighted by Gasteiger charge is -2.15. The summed E-state index contributed by atoms with van der Waals surface area (Å²) in [5, 5.41) is 3.17. The van der Waals surface area contributed by atoms with Gasteiger partial charge in [0.1, 0.15) is 0 Å². The number of halogens is 4. The van der Waals surface area contributed by atoms with Gasteiger partial charge >= 0.3 is 6.18 Å². The molecule has 1 N–H and O–H groups in total. The Balaban J connectivity index is 2.32. The van der Waals surface area contributed by atoms with Crippen LogP contribution in [-0.2, 0) is 0 Å². The molecule has 0 amide bonds. The van der Waals surface area contributed by atoms with Crippen molar-refractivity contribution >= 4 is 21.6 Å². The van der Waals surface area contributed by atoms with Crippen molar-refractivity contribution in [1.82, 2.24) is 0 Å². The molecule has 0 aliphatic heterocycles. The minimum Gasteiger partial charge on any atom is -0.383 e. The van der Waals surface area contributed by atoms with Gasteiger partial charge < -0.3 is 5.32 Å². The first-order valence-electron chi connectivity index (χ1n) is 5.46. The minimum absolute atomic E-state index is 0.0339. The molecule has 17 heavy (non-hydrogen) atoms. The van der Waals surface area contributed by atoms with Gasteiger partial charge in [0.2, 0.25) is 0 Å². The summed E-state index contributed by atoms with van der Waals surface area (Å²) in [5.41, 5.74) is 0.916. The predicted molar refractivity (Wildman–Crippen MR) is 67.1 cm³/mol. The van der Waals surface area contributed by atoms with Crippen LogP contribution in [-0.4, -0.2) is 12.2 Å². The number of nitrogens with one attached hydrogen (secondary N) is 1. The van der Waals surface area contributed by atoms with Crippen molar-refractivity contribution in [2.75, 3.05) is 5.32 Å². The molecule has 96 valence electrons. The number of anilines is 1. The summed E-state index contributed by atoms with van der Waals surface area (Å²) in [6, 6.07) is 7.62. The van der Waals surface area contributed by atoms with Crippen molar-refractivity contribution in [2.45, 2.75) is 38.4 Å². The fourth-order valence-corrected chi connectivity index (χ4v) is 1.94. The Kier molecular flexibility index (Phi) is 5.31. The average molecular weight is 310 g/mol.